The molecule has 1 rings (SSSR count). The van der Waals surface area contributed by atoms with Crippen LogP contribution < -0.4 is 0 Å². The molecule has 0 bridgehead atoms. The van der Waals surface area contributed by atoms with Crippen LogP contribution in [0, 0.1) is 0 Å². The summed E-state index contributed by atoms with van der Waals surface area (Å²) in [4.78, 5) is 10.8. The molecule has 0 amide bonds. The maximum absolute atomic E-state index is 11.8. The van der Waals surface area contributed by atoms with Gasteiger partial charge in [-0.25, -0.2) is 0 Å². The molecule has 1 unspecified atom stereocenters. The molecule has 0 spiro atoms. The van der Waals surface area contributed by atoms with Gasteiger partial charge < -0.3 is 4.74 Å². The highest BCUT2D eigenvalue weighted by atomic mass is 19.4. The lowest BCUT2D eigenvalue weighted by atomic mass is 10.1. The van der Waals surface area contributed by atoms with Crippen molar-refractivity contribution >= 4 is 5.78 Å². The molecule has 14 heavy (non-hydrogen) atoms. The van der Waals surface area contributed by atoms with E-state index in [4.69, 9.17) is 4.74 Å². The van der Waals surface area contributed by atoms with E-state index in [0.29, 0.717) is 13.0 Å². The van der Waals surface area contributed by atoms with Gasteiger partial charge in [0.25, 0.3) is 0 Å². The molecule has 1 saturated heterocycles. The van der Waals surface area contributed by atoms with Crippen molar-refractivity contribution < 1.29 is 22.7 Å². The first-order valence-electron chi connectivity index (χ1n) is 4.67. The molecular formula is C9H13F3O2. The molecule has 82 valence electrons. The molecule has 0 radical (unpaired) electrons. The van der Waals surface area contributed by atoms with Crippen molar-refractivity contribution in [2.24, 2.45) is 0 Å². The molecule has 1 heterocycles. The van der Waals surface area contributed by atoms with E-state index in [1.165, 1.54) is 0 Å². The first-order chi connectivity index (χ1) is 6.47. The van der Waals surface area contributed by atoms with Crippen LogP contribution in [0.4, 0.5) is 13.2 Å². The molecule has 2 nitrogen and oxygen atoms in total. The molecular weight excluding hydrogens is 197 g/mol. The van der Waals surface area contributed by atoms with Crippen LogP contribution in [0.3, 0.4) is 0 Å². The van der Waals surface area contributed by atoms with Crippen molar-refractivity contribution in [3.05, 3.63) is 0 Å². The van der Waals surface area contributed by atoms with Gasteiger partial charge in [0, 0.05) is 13.0 Å². The molecule has 0 N–H and O–H groups in total. The Labute approximate surface area is 80.4 Å². The lowest BCUT2D eigenvalue weighted by Gasteiger charge is -2.09. The fourth-order valence-electron chi connectivity index (χ4n) is 1.51. The van der Waals surface area contributed by atoms with Gasteiger partial charge in [-0.2, -0.15) is 13.2 Å². The Morgan fingerprint density at radius 1 is 1.43 bits per heavy atom. The second-order valence-electron chi connectivity index (χ2n) is 3.50. The molecule has 5 heteroatoms. The average Bonchev–Trinajstić information content (AvgIpc) is 2.49. The number of ketones is 1. The van der Waals surface area contributed by atoms with Crippen molar-refractivity contribution in [1.29, 1.82) is 0 Å². The summed E-state index contributed by atoms with van der Waals surface area (Å²) in [7, 11) is 0. The molecule has 0 aromatic rings. The zero-order valence-electron chi connectivity index (χ0n) is 7.77. The third-order valence-electron chi connectivity index (χ3n) is 2.17. The Balaban J connectivity index is 2.14. The van der Waals surface area contributed by atoms with Crippen LogP contribution in [0.25, 0.3) is 0 Å². The van der Waals surface area contributed by atoms with Crippen LogP contribution in [-0.4, -0.2) is 24.7 Å². The van der Waals surface area contributed by atoms with E-state index in [0.717, 1.165) is 12.8 Å². The average molecular weight is 210 g/mol. The highest BCUT2D eigenvalue weighted by Crippen LogP contribution is 2.22. The molecule has 0 saturated carbocycles. The second-order valence-corrected chi connectivity index (χ2v) is 3.50. The first kappa shape index (κ1) is 11.5. The van der Waals surface area contributed by atoms with E-state index in [-0.39, 0.29) is 12.5 Å². The van der Waals surface area contributed by atoms with Gasteiger partial charge >= 0.3 is 6.18 Å². The Morgan fingerprint density at radius 2 is 2.14 bits per heavy atom. The topological polar surface area (TPSA) is 26.3 Å². The fourth-order valence-corrected chi connectivity index (χ4v) is 1.51. The van der Waals surface area contributed by atoms with Crippen molar-refractivity contribution in [3.63, 3.8) is 0 Å². The third-order valence-corrected chi connectivity index (χ3v) is 2.17. The van der Waals surface area contributed by atoms with E-state index in [9.17, 15) is 18.0 Å². The number of halogens is 3. The summed E-state index contributed by atoms with van der Waals surface area (Å²) in [5, 5.41) is 0. The first-order valence-corrected chi connectivity index (χ1v) is 4.67. The van der Waals surface area contributed by atoms with Gasteiger partial charge in [-0.3, -0.25) is 4.79 Å². The van der Waals surface area contributed by atoms with Crippen LogP contribution in [-0.2, 0) is 9.53 Å². The summed E-state index contributed by atoms with van der Waals surface area (Å²) in [6, 6.07) is 0. The molecule has 0 aromatic carbocycles. The van der Waals surface area contributed by atoms with Crippen molar-refractivity contribution in [2.45, 2.75) is 44.4 Å². The Hall–Kier alpha value is -0.580. The lowest BCUT2D eigenvalue weighted by molar-refractivity contribution is -0.152. The third kappa shape index (κ3) is 4.60. The Bertz CT molecular complexity index is 195. The second kappa shape index (κ2) is 4.77. The van der Waals surface area contributed by atoms with Crippen molar-refractivity contribution in [1.82, 2.24) is 0 Å². The van der Waals surface area contributed by atoms with Crippen LogP contribution in [0.5, 0.6) is 0 Å². The van der Waals surface area contributed by atoms with E-state index in [1.54, 1.807) is 0 Å². The fraction of sp³-hybridized carbons (Fsp3) is 0.889. The van der Waals surface area contributed by atoms with Gasteiger partial charge in [0.2, 0.25) is 0 Å². The quantitative estimate of drug-likeness (QED) is 0.712. The number of ether oxygens (including phenoxy) is 1. The van der Waals surface area contributed by atoms with Gasteiger partial charge in [0.1, 0.15) is 12.2 Å². The summed E-state index contributed by atoms with van der Waals surface area (Å²) < 4.78 is 40.5. The number of hydrogen-bond donors (Lipinski definition) is 0. The molecule has 0 aliphatic carbocycles. The minimum Gasteiger partial charge on any atom is -0.378 e. The highest BCUT2D eigenvalue weighted by Gasteiger charge is 2.31. The molecule has 0 aromatic heterocycles. The summed E-state index contributed by atoms with van der Waals surface area (Å²) in [6.07, 6.45) is -3.48. The predicted molar refractivity (Wildman–Crippen MR) is 43.9 cm³/mol. The molecule has 1 aliphatic heterocycles. The summed E-state index contributed by atoms with van der Waals surface area (Å²) in [5.74, 6) is -0.743. The van der Waals surface area contributed by atoms with E-state index < -0.39 is 18.4 Å². The van der Waals surface area contributed by atoms with Gasteiger partial charge in [0.15, 0.2) is 0 Å². The number of hydrogen-bond acceptors (Lipinski definition) is 2. The standard InChI is InChI=1S/C9H13F3O2/c10-9(11,12)6-7(13)3-4-8-2-1-5-14-8/h8H,1-6H2. The SMILES string of the molecule is O=C(CCC1CCCO1)CC(F)(F)F. The molecule has 1 aliphatic rings. The van der Waals surface area contributed by atoms with Crippen molar-refractivity contribution in [3.8, 4) is 0 Å². The largest absolute Gasteiger partial charge is 0.395 e. The Morgan fingerprint density at radius 3 is 2.64 bits per heavy atom. The Kier molecular flexibility index (Phi) is 3.92. The molecule has 1 fully saturated rings. The van der Waals surface area contributed by atoms with Crippen LogP contribution in [0.2, 0.25) is 0 Å². The van der Waals surface area contributed by atoms with E-state index >= 15 is 0 Å². The van der Waals surface area contributed by atoms with Crippen LogP contribution in [0.15, 0.2) is 0 Å². The number of Topliss-reactive ketones (excluding diaryl/α,β-unsaturated/α-hetero) is 1. The minimum absolute atomic E-state index is 0.00724. The summed E-state index contributed by atoms with van der Waals surface area (Å²) >= 11 is 0. The zero-order valence-corrected chi connectivity index (χ0v) is 7.77. The number of rotatable bonds is 4. The maximum Gasteiger partial charge on any atom is 0.395 e. The summed E-state index contributed by atoms with van der Waals surface area (Å²) in [6.45, 7) is 0.665. The van der Waals surface area contributed by atoms with Gasteiger partial charge in [-0.05, 0) is 19.3 Å². The highest BCUT2D eigenvalue weighted by molar-refractivity contribution is 5.78. The minimum atomic E-state index is -4.37. The smallest absolute Gasteiger partial charge is 0.378 e. The van der Waals surface area contributed by atoms with Gasteiger partial charge in [-0.1, -0.05) is 0 Å². The molecule has 1 atom stereocenters. The number of carbonyl (C=O) groups excluding carboxylic acids is 1. The van der Waals surface area contributed by atoms with Gasteiger partial charge in [0.05, 0.1) is 6.10 Å². The normalized spacial score (nSPS) is 22.6. The van der Waals surface area contributed by atoms with Gasteiger partial charge in [-0.15, -0.1) is 0 Å². The van der Waals surface area contributed by atoms with E-state index in [1.807, 2.05) is 0 Å². The van der Waals surface area contributed by atoms with Crippen LogP contribution in [0.1, 0.15) is 32.1 Å². The monoisotopic (exact) mass is 210 g/mol. The van der Waals surface area contributed by atoms with Crippen LogP contribution >= 0.6 is 0 Å². The maximum atomic E-state index is 11.8. The lowest BCUT2D eigenvalue weighted by Crippen LogP contribution is -2.16. The van der Waals surface area contributed by atoms with Crippen molar-refractivity contribution in [2.75, 3.05) is 6.61 Å². The predicted octanol–water partition coefficient (Wildman–Crippen LogP) is 2.47. The van der Waals surface area contributed by atoms with E-state index in [2.05, 4.69) is 0 Å². The zero-order chi connectivity index (χ0) is 10.6. The number of alkyl halides is 3. The number of carbonyl (C=O) groups is 1. The summed E-state index contributed by atoms with van der Waals surface area (Å²) in [5.41, 5.74) is 0.